The Morgan fingerprint density at radius 2 is 1.81 bits per heavy atom. The van der Waals surface area contributed by atoms with Crippen LogP contribution in [0.15, 0.2) is 30.3 Å². The van der Waals surface area contributed by atoms with Crippen molar-refractivity contribution >= 4 is 16.9 Å². The van der Waals surface area contributed by atoms with Crippen LogP contribution in [0.4, 0.5) is 0 Å². The molecule has 2 N–H and O–H groups in total. The van der Waals surface area contributed by atoms with E-state index in [-0.39, 0.29) is 12.0 Å². The second-order valence-corrected chi connectivity index (χ2v) is 8.68. The quantitative estimate of drug-likeness (QED) is 0.533. The Morgan fingerprint density at radius 3 is 2.48 bits per heavy atom. The number of fused-ring (bicyclic) bond motifs is 1. The van der Waals surface area contributed by atoms with E-state index in [4.69, 9.17) is 4.98 Å². The fourth-order valence-electron chi connectivity index (χ4n) is 4.15. The molecule has 0 bridgehead atoms. The topological polar surface area (TPSA) is 67.2 Å². The molecule has 0 spiro atoms. The molecule has 5 heteroatoms. The van der Waals surface area contributed by atoms with E-state index >= 15 is 0 Å². The Balaban J connectivity index is 1.80. The summed E-state index contributed by atoms with van der Waals surface area (Å²) in [5.41, 5.74) is 8.75. The number of aryl methyl sites for hydroxylation is 2. The van der Waals surface area contributed by atoms with Gasteiger partial charge in [-0.15, -0.1) is 0 Å². The van der Waals surface area contributed by atoms with Gasteiger partial charge in [0.2, 0.25) is 5.91 Å². The second kappa shape index (κ2) is 10.1. The number of nitrogens with one attached hydrogen (secondary N) is 1. The van der Waals surface area contributed by atoms with Crippen LogP contribution in [-0.4, -0.2) is 33.2 Å². The standard InChI is InChI=1S/C26H35N3O2/c1-17-15-18(2)21(5)22(20(17)4)16-29-24-11-7-6-10-23(24)28-25(29)13-14-27-26(31)12-8-9-19(3)30/h6-7,10-11,15,19,30H,8-9,12-14,16H2,1-5H3,(H,27,31)/t19-/m1/s1. The highest BCUT2D eigenvalue weighted by atomic mass is 16.3. The number of imidazole rings is 1. The van der Waals surface area contributed by atoms with Crippen molar-refractivity contribution in [2.24, 2.45) is 0 Å². The number of aliphatic hydroxyl groups excluding tert-OH is 1. The van der Waals surface area contributed by atoms with E-state index in [0.29, 0.717) is 32.2 Å². The molecule has 0 fully saturated rings. The van der Waals surface area contributed by atoms with E-state index in [1.807, 2.05) is 12.1 Å². The number of rotatable bonds is 9. The maximum atomic E-state index is 12.1. The average Bonchev–Trinajstić information content (AvgIpc) is 3.06. The van der Waals surface area contributed by atoms with Crippen LogP contribution < -0.4 is 5.32 Å². The van der Waals surface area contributed by atoms with E-state index in [1.165, 1.54) is 27.8 Å². The van der Waals surface area contributed by atoms with Crippen LogP contribution >= 0.6 is 0 Å². The predicted molar refractivity (Wildman–Crippen MR) is 126 cm³/mol. The highest BCUT2D eigenvalue weighted by Crippen LogP contribution is 2.25. The number of amides is 1. The van der Waals surface area contributed by atoms with Crippen molar-refractivity contribution in [3.63, 3.8) is 0 Å². The van der Waals surface area contributed by atoms with Crippen LogP contribution in [0.1, 0.15) is 59.8 Å². The minimum absolute atomic E-state index is 0.0318. The highest BCUT2D eigenvalue weighted by Gasteiger charge is 2.15. The smallest absolute Gasteiger partial charge is 0.220 e. The van der Waals surface area contributed by atoms with Crippen LogP contribution in [0.25, 0.3) is 11.0 Å². The van der Waals surface area contributed by atoms with Crippen LogP contribution in [-0.2, 0) is 17.8 Å². The molecule has 1 aromatic heterocycles. The summed E-state index contributed by atoms with van der Waals surface area (Å²) in [4.78, 5) is 17.0. The van der Waals surface area contributed by atoms with Gasteiger partial charge in [-0.1, -0.05) is 18.2 Å². The summed E-state index contributed by atoms with van der Waals surface area (Å²) >= 11 is 0. The Kier molecular flexibility index (Phi) is 7.50. The molecule has 0 saturated heterocycles. The zero-order chi connectivity index (χ0) is 22.5. The molecule has 1 heterocycles. The number of carbonyl (C=O) groups excluding carboxylic acids is 1. The number of benzene rings is 2. The van der Waals surface area contributed by atoms with Crippen molar-refractivity contribution in [2.75, 3.05) is 6.54 Å². The van der Waals surface area contributed by atoms with Gasteiger partial charge in [0, 0.05) is 25.9 Å². The molecule has 2 aromatic carbocycles. The van der Waals surface area contributed by atoms with Gasteiger partial charge in [-0.05, 0) is 87.4 Å². The molecule has 0 unspecified atom stereocenters. The summed E-state index contributed by atoms with van der Waals surface area (Å²) in [5, 5.41) is 12.3. The Labute approximate surface area is 185 Å². The predicted octanol–water partition coefficient (Wildman–Crippen LogP) is 4.53. The molecule has 1 amide bonds. The number of nitrogens with zero attached hydrogens (tertiary/aromatic N) is 2. The summed E-state index contributed by atoms with van der Waals surface area (Å²) < 4.78 is 2.29. The third kappa shape index (κ3) is 5.53. The Bertz CT molecular complexity index is 1040. The van der Waals surface area contributed by atoms with Crippen LogP contribution in [0, 0.1) is 27.7 Å². The maximum Gasteiger partial charge on any atom is 0.220 e. The van der Waals surface area contributed by atoms with Crippen molar-refractivity contribution in [3.8, 4) is 0 Å². The van der Waals surface area contributed by atoms with Gasteiger partial charge in [-0.2, -0.15) is 0 Å². The molecule has 5 nitrogen and oxygen atoms in total. The van der Waals surface area contributed by atoms with Crippen molar-refractivity contribution < 1.29 is 9.90 Å². The first-order chi connectivity index (χ1) is 14.8. The van der Waals surface area contributed by atoms with Gasteiger partial charge in [0.1, 0.15) is 5.82 Å². The molecule has 3 aromatic rings. The van der Waals surface area contributed by atoms with E-state index in [0.717, 1.165) is 23.4 Å². The number of carbonyl (C=O) groups is 1. The first-order valence-corrected chi connectivity index (χ1v) is 11.2. The molecule has 166 valence electrons. The lowest BCUT2D eigenvalue weighted by Gasteiger charge is -2.18. The van der Waals surface area contributed by atoms with E-state index < -0.39 is 0 Å². The third-order valence-corrected chi connectivity index (χ3v) is 6.27. The summed E-state index contributed by atoms with van der Waals surface area (Å²) in [7, 11) is 0. The Hall–Kier alpha value is -2.66. The monoisotopic (exact) mass is 421 g/mol. The molecule has 1 atom stereocenters. The van der Waals surface area contributed by atoms with Gasteiger partial charge in [0.05, 0.1) is 17.1 Å². The summed E-state index contributed by atoms with van der Waals surface area (Å²) in [6.45, 7) is 11.8. The van der Waals surface area contributed by atoms with Gasteiger partial charge in [0.25, 0.3) is 0 Å². The lowest BCUT2D eigenvalue weighted by molar-refractivity contribution is -0.121. The van der Waals surface area contributed by atoms with Crippen molar-refractivity contribution in [1.82, 2.24) is 14.9 Å². The zero-order valence-corrected chi connectivity index (χ0v) is 19.5. The minimum atomic E-state index is -0.357. The van der Waals surface area contributed by atoms with Gasteiger partial charge in [0.15, 0.2) is 0 Å². The minimum Gasteiger partial charge on any atom is -0.393 e. The lowest BCUT2D eigenvalue weighted by atomic mass is 9.94. The third-order valence-electron chi connectivity index (χ3n) is 6.27. The molecule has 31 heavy (non-hydrogen) atoms. The number of aromatic nitrogens is 2. The summed E-state index contributed by atoms with van der Waals surface area (Å²) in [6, 6.07) is 10.5. The number of hydrogen-bond donors (Lipinski definition) is 2. The van der Waals surface area contributed by atoms with Gasteiger partial charge < -0.3 is 15.0 Å². The second-order valence-electron chi connectivity index (χ2n) is 8.68. The van der Waals surface area contributed by atoms with Crippen LogP contribution in [0.2, 0.25) is 0 Å². The molecular formula is C26H35N3O2. The molecule has 3 rings (SSSR count). The fraction of sp³-hybridized carbons (Fsp3) is 0.462. The van der Waals surface area contributed by atoms with Gasteiger partial charge >= 0.3 is 0 Å². The lowest BCUT2D eigenvalue weighted by Crippen LogP contribution is -2.26. The molecule has 0 radical (unpaired) electrons. The summed E-state index contributed by atoms with van der Waals surface area (Å²) in [5.74, 6) is 1.02. The zero-order valence-electron chi connectivity index (χ0n) is 19.5. The first-order valence-electron chi connectivity index (χ1n) is 11.2. The molecule has 0 aliphatic rings. The van der Waals surface area contributed by atoms with E-state index in [1.54, 1.807) is 6.92 Å². The first kappa shape index (κ1) is 23.0. The largest absolute Gasteiger partial charge is 0.393 e. The van der Waals surface area contributed by atoms with Crippen molar-refractivity contribution in [2.45, 2.75) is 73.0 Å². The van der Waals surface area contributed by atoms with E-state index in [9.17, 15) is 9.90 Å². The average molecular weight is 422 g/mol. The number of hydrogen-bond acceptors (Lipinski definition) is 3. The van der Waals surface area contributed by atoms with Crippen LogP contribution in [0.3, 0.4) is 0 Å². The van der Waals surface area contributed by atoms with Crippen molar-refractivity contribution in [3.05, 3.63) is 64.0 Å². The molecule has 0 aliphatic carbocycles. The SMILES string of the molecule is Cc1cc(C)c(C)c(Cn2c(CCNC(=O)CCC[C@@H](C)O)nc3ccccc32)c1C. The normalized spacial score (nSPS) is 12.3. The number of para-hydroxylation sites is 2. The maximum absolute atomic E-state index is 12.1. The van der Waals surface area contributed by atoms with Crippen molar-refractivity contribution in [1.29, 1.82) is 0 Å². The van der Waals surface area contributed by atoms with Gasteiger partial charge in [-0.3, -0.25) is 4.79 Å². The van der Waals surface area contributed by atoms with E-state index in [2.05, 4.69) is 55.8 Å². The number of aliphatic hydroxyl groups is 1. The molecule has 0 saturated carbocycles. The van der Waals surface area contributed by atoms with Crippen LogP contribution in [0.5, 0.6) is 0 Å². The van der Waals surface area contributed by atoms with Gasteiger partial charge in [-0.25, -0.2) is 4.98 Å². The fourth-order valence-corrected chi connectivity index (χ4v) is 4.15. The molecule has 0 aliphatic heterocycles. The highest BCUT2D eigenvalue weighted by molar-refractivity contribution is 5.77. The molecular weight excluding hydrogens is 386 g/mol. The summed E-state index contributed by atoms with van der Waals surface area (Å²) in [6.07, 6.45) is 2.12. The Morgan fingerprint density at radius 1 is 1.13 bits per heavy atom.